The molecule has 1 N–H and O–H groups in total. The molecule has 0 saturated heterocycles. The van der Waals surface area contributed by atoms with Crippen LogP contribution in [0.2, 0.25) is 0 Å². The van der Waals surface area contributed by atoms with Crippen LogP contribution in [-0.2, 0) is 10.2 Å². The molecule has 7 heteroatoms. The number of hydrogen-bond acceptors (Lipinski definition) is 5. The van der Waals surface area contributed by atoms with Crippen molar-refractivity contribution in [1.82, 2.24) is 5.32 Å². The Balaban J connectivity index is 1.52. The van der Waals surface area contributed by atoms with E-state index in [1.807, 2.05) is 11.4 Å². The van der Waals surface area contributed by atoms with Crippen LogP contribution in [0.15, 0.2) is 77.2 Å². The molecule has 1 aromatic heterocycles. The minimum absolute atomic E-state index is 0.0189. The standard InChI is InChI=1S/C29H26FN3O2S/c1-2-21(30)6-7-22-17-24(23-8-15-36-25(23)18-31)26(32-22)19-4-3-5-20(16-19)28-9-12-29(13-10-28,14-11-28)27(34)33-35/h2-8,15-16,32H,1,9-14,17H2/b21-6+,22-7+. The Morgan fingerprint density at radius 1 is 1.19 bits per heavy atom. The molecule has 0 unspecified atom stereocenters. The van der Waals surface area contributed by atoms with Crippen LogP contribution in [0.1, 0.15) is 66.5 Å². The molecule has 3 aliphatic carbocycles. The van der Waals surface area contributed by atoms with E-state index in [1.54, 1.807) is 6.08 Å². The van der Waals surface area contributed by atoms with Crippen LogP contribution in [0.5, 0.6) is 0 Å². The summed E-state index contributed by atoms with van der Waals surface area (Å²) in [6.07, 6.45) is 9.48. The van der Waals surface area contributed by atoms with Gasteiger partial charge in [0, 0.05) is 28.6 Å². The van der Waals surface area contributed by atoms with E-state index < -0.39 is 17.1 Å². The number of nitrogens with one attached hydrogen (secondary N) is 1. The maximum atomic E-state index is 13.7. The van der Waals surface area contributed by atoms with Gasteiger partial charge in [-0.1, -0.05) is 24.8 Å². The highest BCUT2D eigenvalue weighted by Crippen LogP contribution is 2.58. The summed E-state index contributed by atoms with van der Waals surface area (Å²) in [5.74, 6) is -0.901. The van der Waals surface area contributed by atoms with Gasteiger partial charge >= 0.3 is 0 Å². The van der Waals surface area contributed by atoms with E-state index in [9.17, 15) is 19.4 Å². The van der Waals surface area contributed by atoms with Gasteiger partial charge in [-0.3, -0.25) is 4.79 Å². The zero-order valence-electron chi connectivity index (χ0n) is 19.9. The largest absolute Gasteiger partial charge is 0.358 e. The molecule has 2 aromatic rings. The van der Waals surface area contributed by atoms with Crippen LogP contribution in [0.25, 0.3) is 11.3 Å². The van der Waals surface area contributed by atoms with Crippen LogP contribution < -0.4 is 5.32 Å². The van der Waals surface area contributed by atoms with Gasteiger partial charge in [0.15, 0.2) is 0 Å². The van der Waals surface area contributed by atoms with Crippen LogP contribution >= 0.6 is 11.3 Å². The first-order chi connectivity index (χ1) is 17.4. The molecule has 0 spiro atoms. The first kappa shape index (κ1) is 24.1. The molecule has 5 nitrogen and oxygen atoms in total. The molecule has 1 aliphatic heterocycles. The number of nitrogens with zero attached hydrogens (tertiary/aromatic N) is 2. The third-order valence-corrected chi connectivity index (χ3v) is 9.05. The predicted molar refractivity (Wildman–Crippen MR) is 140 cm³/mol. The lowest BCUT2D eigenvalue weighted by Crippen LogP contribution is -2.47. The highest BCUT2D eigenvalue weighted by molar-refractivity contribution is 7.10. The zero-order valence-corrected chi connectivity index (χ0v) is 20.7. The van der Waals surface area contributed by atoms with E-state index in [4.69, 9.17) is 0 Å². The van der Waals surface area contributed by atoms with Crippen molar-refractivity contribution < 1.29 is 9.18 Å². The third kappa shape index (κ3) is 4.06. The second-order valence-corrected chi connectivity index (χ2v) is 10.8. The number of hydrogen-bond donors (Lipinski definition) is 1. The predicted octanol–water partition coefficient (Wildman–Crippen LogP) is 7.29. The summed E-state index contributed by atoms with van der Waals surface area (Å²) < 4.78 is 13.7. The van der Waals surface area contributed by atoms with Crippen molar-refractivity contribution in [1.29, 1.82) is 5.26 Å². The summed E-state index contributed by atoms with van der Waals surface area (Å²) >= 11 is 1.41. The van der Waals surface area contributed by atoms with E-state index in [2.05, 4.69) is 47.4 Å². The molecule has 0 radical (unpaired) electrons. The van der Waals surface area contributed by atoms with Crippen molar-refractivity contribution >= 4 is 28.5 Å². The van der Waals surface area contributed by atoms with E-state index in [0.29, 0.717) is 30.6 Å². The lowest BCUT2D eigenvalue weighted by atomic mass is 9.51. The molecule has 1 aromatic carbocycles. The second kappa shape index (κ2) is 9.44. The normalized spacial score (nSPS) is 26.6. The highest BCUT2D eigenvalue weighted by atomic mass is 32.1. The first-order valence-corrected chi connectivity index (χ1v) is 13.0. The summed E-state index contributed by atoms with van der Waals surface area (Å²) in [4.78, 5) is 23.8. The molecule has 182 valence electrons. The van der Waals surface area contributed by atoms with Gasteiger partial charge in [-0.2, -0.15) is 5.26 Å². The number of benzene rings is 1. The molecule has 6 rings (SSSR count). The summed E-state index contributed by atoms with van der Waals surface area (Å²) in [6.45, 7) is 3.46. The minimum atomic E-state index is -0.565. The second-order valence-electron chi connectivity index (χ2n) is 9.92. The highest BCUT2D eigenvalue weighted by Gasteiger charge is 2.53. The van der Waals surface area contributed by atoms with Gasteiger partial charge in [-0.05, 0) is 96.4 Å². The topological polar surface area (TPSA) is 82.3 Å². The smallest absolute Gasteiger partial charge is 0.292 e. The first-order valence-electron chi connectivity index (χ1n) is 12.1. The van der Waals surface area contributed by atoms with E-state index in [-0.39, 0.29) is 5.41 Å². The number of thiophene rings is 1. The SMILES string of the molecule is C=C/C(F)=C\C=C1/CC(c2ccsc2C#N)=C(c2cccc(C34CCC(C(=O)N=O)(CC3)CC4)c2)N1. The molecule has 3 saturated carbocycles. The minimum Gasteiger partial charge on any atom is -0.358 e. The molecule has 1 amide bonds. The Morgan fingerprint density at radius 3 is 2.61 bits per heavy atom. The third-order valence-electron chi connectivity index (χ3n) is 8.23. The van der Waals surface area contributed by atoms with Gasteiger partial charge in [-0.15, -0.1) is 16.2 Å². The molecule has 4 aliphatic rings. The van der Waals surface area contributed by atoms with E-state index >= 15 is 0 Å². The molecular formula is C29H26FN3O2S. The van der Waals surface area contributed by atoms with Crippen molar-refractivity contribution in [2.24, 2.45) is 10.6 Å². The molecule has 0 atom stereocenters. The van der Waals surface area contributed by atoms with Gasteiger partial charge < -0.3 is 5.32 Å². The van der Waals surface area contributed by atoms with Crippen molar-refractivity contribution in [2.45, 2.75) is 50.4 Å². The molecule has 2 heterocycles. The summed E-state index contributed by atoms with van der Waals surface area (Å²) in [6, 6.07) is 12.7. The number of allylic oxidation sites excluding steroid dienone is 5. The number of amides is 1. The fourth-order valence-electron chi connectivity index (χ4n) is 6.06. The Bertz CT molecular complexity index is 1370. The quantitative estimate of drug-likeness (QED) is 0.334. The Morgan fingerprint density at radius 2 is 1.94 bits per heavy atom. The summed E-state index contributed by atoms with van der Waals surface area (Å²) in [5, 5.41) is 17.8. The van der Waals surface area contributed by atoms with Gasteiger partial charge in [-0.25, -0.2) is 4.39 Å². The summed E-state index contributed by atoms with van der Waals surface area (Å²) in [7, 11) is 0. The average molecular weight is 500 g/mol. The van der Waals surface area contributed by atoms with Gasteiger partial charge in [0.25, 0.3) is 5.91 Å². The number of fused-ring (bicyclic) bond motifs is 3. The number of carbonyl (C=O) groups is 1. The Kier molecular flexibility index (Phi) is 6.31. The number of nitriles is 1. The fraction of sp³-hybridized carbons (Fsp3) is 0.310. The van der Waals surface area contributed by atoms with Crippen molar-refractivity contribution in [3.8, 4) is 6.07 Å². The van der Waals surface area contributed by atoms with Crippen LogP contribution in [-0.4, -0.2) is 5.91 Å². The van der Waals surface area contributed by atoms with Crippen LogP contribution in [0.3, 0.4) is 0 Å². The van der Waals surface area contributed by atoms with Crippen molar-refractivity contribution in [3.63, 3.8) is 0 Å². The lowest BCUT2D eigenvalue weighted by molar-refractivity contribution is -0.134. The van der Waals surface area contributed by atoms with Gasteiger partial charge in [0.05, 0.1) is 5.41 Å². The van der Waals surface area contributed by atoms with Gasteiger partial charge in [0.2, 0.25) is 0 Å². The monoisotopic (exact) mass is 499 g/mol. The van der Waals surface area contributed by atoms with Crippen molar-refractivity contribution in [3.05, 3.63) is 98.5 Å². The average Bonchev–Trinajstić information content (AvgIpc) is 3.59. The number of nitroso groups, excluding NO2 is 1. The maximum absolute atomic E-state index is 13.7. The van der Waals surface area contributed by atoms with E-state index in [1.165, 1.54) is 29.1 Å². The lowest BCUT2D eigenvalue weighted by Gasteiger charge is -2.52. The van der Waals surface area contributed by atoms with Crippen molar-refractivity contribution in [2.75, 3.05) is 0 Å². The Labute approximate surface area is 213 Å². The zero-order chi connectivity index (χ0) is 25.3. The van der Waals surface area contributed by atoms with Crippen LogP contribution in [0, 0.1) is 21.7 Å². The molecule has 3 fully saturated rings. The molecular weight excluding hydrogens is 473 g/mol. The number of halogens is 1. The van der Waals surface area contributed by atoms with Crippen LogP contribution in [0.4, 0.5) is 4.39 Å². The van der Waals surface area contributed by atoms with E-state index in [0.717, 1.165) is 47.4 Å². The molecule has 2 bridgehead atoms. The maximum Gasteiger partial charge on any atom is 0.292 e. The van der Waals surface area contributed by atoms with Gasteiger partial charge in [0.1, 0.15) is 16.8 Å². The summed E-state index contributed by atoms with van der Waals surface area (Å²) in [5.41, 5.74) is 5.32. The molecule has 36 heavy (non-hydrogen) atoms. The fourth-order valence-corrected chi connectivity index (χ4v) is 6.77. The number of rotatable bonds is 6. The number of carbonyl (C=O) groups excluding carboxylic acids is 1. The Hall–Kier alpha value is -3.63.